The van der Waals surface area contributed by atoms with E-state index in [-0.39, 0.29) is 18.2 Å². The molecule has 0 saturated carbocycles. The highest BCUT2D eigenvalue weighted by Crippen LogP contribution is 2.29. The smallest absolute Gasteiger partial charge is 0.245 e. The van der Waals surface area contributed by atoms with Gasteiger partial charge in [0.1, 0.15) is 6.61 Å². The summed E-state index contributed by atoms with van der Waals surface area (Å²) < 4.78 is 11.3. The van der Waals surface area contributed by atoms with Crippen LogP contribution in [0.1, 0.15) is 23.1 Å². The van der Waals surface area contributed by atoms with Gasteiger partial charge < -0.3 is 14.4 Å². The van der Waals surface area contributed by atoms with Crippen molar-refractivity contribution in [1.29, 1.82) is 0 Å². The minimum atomic E-state index is -0.462. The van der Waals surface area contributed by atoms with Crippen LogP contribution in [-0.4, -0.2) is 31.7 Å². The van der Waals surface area contributed by atoms with E-state index in [0.29, 0.717) is 29.7 Å². The van der Waals surface area contributed by atoms with Gasteiger partial charge in [-0.15, -0.1) is 0 Å². The maximum absolute atomic E-state index is 12.6. The molecule has 1 N–H and O–H groups in total. The predicted octanol–water partition coefficient (Wildman–Crippen LogP) is 4.74. The maximum atomic E-state index is 12.6. The van der Waals surface area contributed by atoms with Crippen molar-refractivity contribution < 1.29 is 19.1 Å². The summed E-state index contributed by atoms with van der Waals surface area (Å²) >= 11 is 6.19. The second kappa shape index (κ2) is 11.1. The summed E-state index contributed by atoms with van der Waals surface area (Å²) in [5.74, 6) is 0.263. The molecule has 7 nitrogen and oxygen atoms in total. The van der Waals surface area contributed by atoms with Crippen LogP contribution in [0.25, 0.3) is 0 Å². The van der Waals surface area contributed by atoms with Crippen LogP contribution in [0.3, 0.4) is 0 Å². The van der Waals surface area contributed by atoms with Gasteiger partial charge >= 0.3 is 0 Å². The van der Waals surface area contributed by atoms with Crippen LogP contribution < -0.4 is 19.8 Å². The Bertz CT molecular complexity index is 1240. The highest BCUT2D eigenvalue weighted by molar-refractivity contribution is 6.31. The van der Waals surface area contributed by atoms with E-state index < -0.39 is 5.92 Å². The number of amides is 2. The van der Waals surface area contributed by atoms with Crippen molar-refractivity contribution in [2.75, 3.05) is 18.6 Å². The maximum Gasteiger partial charge on any atom is 0.245 e. The highest BCUT2D eigenvalue weighted by Gasteiger charge is 2.35. The van der Waals surface area contributed by atoms with Gasteiger partial charge in [0.05, 0.1) is 19.2 Å². The molecule has 35 heavy (non-hydrogen) atoms. The molecule has 0 bridgehead atoms. The number of halogens is 1. The number of nitrogens with one attached hydrogen (secondary N) is 1. The number of nitrogens with zero attached hydrogens (tertiary/aromatic N) is 2. The molecule has 4 rings (SSSR count). The van der Waals surface area contributed by atoms with Crippen LogP contribution in [0.5, 0.6) is 11.5 Å². The van der Waals surface area contributed by atoms with E-state index in [0.717, 1.165) is 22.4 Å². The van der Waals surface area contributed by atoms with Crippen LogP contribution in [0.4, 0.5) is 5.69 Å². The Kier molecular flexibility index (Phi) is 7.67. The molecule has 0 unspecified atom stereocenters. The minimum Gasteiger partial charge on any atom is -0.493 e. The second-order valence-electron chi connectivity index (χ2n) is 8.27. The normalized spacial score (nSPS) is 15.5. The zero-order chi connectivity index (χ0) is 24.8. The fourth-order valence-corrected chi connectivity index (χ4v) is 3.96. The molecular weight excluding hydrogens is 466 g/mol. The second-order valence-corrected chi connectivity index (χ2v) is 8.67. The summed E-state index contributed by atoms with van der Waals surface area (Å²) in [6.07, 6.45) is 1.67. The molecule has 1 fully saturated rings. The zero-order valence-electron chi connectivity index (χ0n) is 19.5. The van der Waals surface area contributed by atoms with Gasteiger partial charge in [0, 0.05) is 29.2 Å². The number of benzene rings is 3. The Hall–Kier alpha value is -3.84. The van der Waals surface area contributed by atoms with E-state index in [1.54, 1.807) is 30.2 Å². The van der Waals surface area contributed by atoms with E-state index in [2.05, 4.69) is 10.5 Å². The van der Waals surface area contributed by atoms with Crippen LogP contribution in [0, 0.1) is 12.8 Å². The molecule has 0 spiro atoms. The third-order valence-corrected chi connectivity index (χ3v) is 6.13. The number of carbonyl (C=O) groups is 2. The first-order valence-corrected chi connectivity index (χ1v) is 11.6. The Balaban J connectivity index is 1.34. The largest absolute Gasteiger partial charge is 0.493 e. The van der Waals surface area contributed by atoms with E-state index >= 15 is 0 Å². The summed E-state index contributed by atoms with van der Waals surface area (Å²) in [5.41, 5.74) is 6.04. The van der Waals surface area contributed by atoms with Crippen LogP contribution in [0.2, 0.25) is 5.02 Å². The van der Waals surface area contributed by atoms with Crippen molar-refractivity contribution in [2.24, 2.45) is 11.0 Å². The monoisotopic (exact) mass is 491 g/mol. The van der Waals surface area contributed by atoms with Gasteiger partial charge in [-0.05, 0) is 48.9 Å². The van der Waals surface area contributed by atoms with Crippen molar-refractivity contribution in [3.05, 3.63) is 88.4 Å². The molecule has 1 saturated heterocycles. The molecule has 1 aliphatic heterocycles. The van der Waals surface area contributed by atoms with Crippen molar-refractivity contribution in [2.45, 2.75) is 20.0 Å². The summed E-state index contributed by atoms with van der Waals surface area (Å²) in [6.45, 7) is 2.62. The quantitative estimate of drug-likeness (QED) is 0.364. The summed E-state index contributed by atoms with van der Waals surface area (Å²) in [7, 11) is 1.55. The molecule has 8 heteroatoms. The average molecular weight is 492 g/mol. The molecule has 3 aromatic carbocycles. The van der Waals surface area contributed by atoms with Crippen molar-refractivity contribution >= 4 is 35.3 Å². The molecule has 1 heterocycles. The first-order valence-electron chi connectivity index (χ1n) is 11.2. The van der Waals surface area contributed by atoms with E-state index in [1.807, 2.05) is 55.5 Å². The van der Waals surface area contributed by atoms with Crippen LogP contribution in [0.15, 0.2) is 71.8 Å². The van der Waals surface area contributed by atoms with E-state index in [9.17, 15) is 9.59 Å². The number of hydrogen-bond donors (Lipinski definition) is 1. The average Bonchev–Trinajstić information content (AvgIpc) is 3.26. The fraction of sp³-hybridized carbons (Fsp3) is 0.222. The molecular formula is C27H26ClN3O4. The van der Waals surface area contributed by atoms with Gasteiger partial charge in [-0.2, -0.15) is 5.10 Å². The molecule has 2 amide bonds. The predicted molar refractivity (Wildman–Crippen MR) is 136 cm³/mol. The molecule has 180 valence electrons. The lowest BCUT2D eigenvalue weighted by Crippen LogP contribution is -2.30. The molecule has 0 aliphatic carbocycles. The van der Waals surface area contributed by atoms with Gasteiger partial charge in [0.15, 0.2) is 11.5 Å². The number of hydrogen-bond acceptors (Lipinski definition) is 5. The lowest BCUT2D eigenvalue weighted by molar-refractivity contribution is -0.126. The van der Waals surface area contributed by atoms with Gasteiger partial charge in [-0.3, -0.25) is 9.59 Å². The SMILES string of the molecule is COc1cc(/C=N/NC(=O)[C@@H]2CC(=O)N(c3ccc(C)cc3)C2)ccc1OCc1ccccc1Cl. The number of anilines is 1. The molecule has 0 aromatic heterocycles. The zero-order valence-corrected chi connectivity index (χ0v) is 20.3. The molecule has 1 atom stereocenters. The Morgan fingerprint density at radius 2 is 1.91 bits per heavy atom. The van der Waals surface area contributed by atoms with Crippen molar-refractivity contribution in [3.63, 3.8) is 0 Å². The van der Waals surface area contributed by atoms with Gasteiger partial charge in [-0.25, -0.2) is 5.43 Å². The lowest BCUT2D eigenvalue weighted by atomic mass is 10.1. The van der Waals surface area contributed by atoms with E-state index in [1.165, 1.54) is 6.21 Å². The first kappa shape index (κ1) is 24.3. The van der Waals surface area contributed by atoms with Crippen molar-refractivity contribution in [1.82, 2.24) is 5.43 Å². The Morgan fingerprint density at radius 1 is 1.14 bits per heavy atom. The number of methoxy groups -OCH3 is 1. The summed E-state index contributed by atoms with van der Waals surface area (Å²) in [4.78, 5) is 26.6. The lowest BCUT2D eigenvalue weighted by Gasteiger charge is -2.16. The summed E-state index contributed by atoms with van der Waals surface area (Å²) in [6, 6.07) is 20.5. The third-order valence-electron chi connectivity index (χ3n) is 5.76. The van der Waals surface area contributed by atoms with Crippen molar-refractivity contribution in [3.8, 4) is 11.5 Å². The third kappa shape index (κ3) is 6.00. The Labute approximate surface area is 209 Å². The standard InChI is InChI=1S/C27H26ClN3O4/c1-18-7-10-22(11-8-18)31-16-21(14-26(31)32)27(33)30-29-15-19-9-12-24(25(13-19)34-2)35-17-20-5-3-4-6-23(20)28/h3-13,15,21H,14,16-17H2,1-2H3,(H,30,33)/b29-15+/t21-/m1/s1. The number of rotatable bonds is 8. The minimum absolute atomic E-state index is 0.0740. The highest BCUT2D eigenvalue weighted by atomic mass is 35.5. The van der Waals surface area contributed by atoms with Gasteiger partial charge in [0.25, 0.3) is 0 Å². The number of hydrazone groups is 1. The van der Waals surface area contributed by atoms with E-state index in [4.69, 9.17) is 21.1 Å². The number of aryl methyl sites for hydroxylation is 1. The fourth-order valence-electron chi connectivity index (χ4n) is 3.77. The molecule has 1 aliphatic rings. The van der Waals surface area contributed by atoms with Gasteiger partial charge in [-0.1, -0.05) is 47.5 Å². The first-order chi connectivity index (χ1) is 16.9. The van der Waals surface area contributed by atoms with Crippen LogP contribution >= 0.6 is 11.6 Å². The Morgan fingerprint density at radius 3 is 2.66 bits per heavy atom. The topological polar surface area (TPSA) is 80.2 Å². The number of carbonyl (C=O) groups excluding carboxylic acids is 2. The molecule has 0 radical (unpaired) electrons. The summed E-state index contributed by atoms with van der Waals surface area (Å²) in [5, 5.41) is 4.70. The number of ether oxygens (including phenoxy) is 2. The van der Waals surface area contributed by atoms with Crippen LogP contribution in [-0.2, 0) is 16.2 Å². The molecule has 3 aromatic rings. The van der Waals surface area contributed by atoms with Gasteiger partial charge in [0.2, 0.25) is 11.8 Å².